The fourth-order valence-electron chi connectivity index (χ4n) is 2.50. The van der Waals surface area contributed by atoms with Crippen molar-refractivity contribution in [3.63, 3.8) is 0 Å². The summed E-state index contributed by atoms with van der Waals surface area (Å²) in [6, 6.07) is 3.40. The normalized spacial score (nSPS) is 11.6. The Morgan fingerprint density at radius 2 is 2.07 bits per heavy atom. The fraction of sp³-hybridized carbons (Fsp3) is 0.350. The molecule has 0 spiro atoms. The van der Waals surface area contributed by atoms with Gasteiger partial charge in [-0.05, 0) is 38.5 Å². The van der Waals surface area contributed by atoms with Crippen molar-refractivity contribution < 1.29 is 28.3 Å². The molecule has 0 aliphatic rings. The Labute approximate surface area is 172 Å². The van der Waals surface area contributed by atoms with Crippen molar-refractivity contribution in [2.75, 3.05) is 25.1 Å². The summed E-state index contributed by atoms with van der Waals surface area (Å²) in [7, 11) is 0. The Kier molecular flexibility index (Phi) is 8.17. The monoisotopic (exact) mass is 420 g/mol. The van der Waals surface area contributed by atoms with Crippen molar-refractivity contribution in [3.05, 3.63) is 52.8 Å². The van der Waals surface area contributed by atoms with E-state index in [1.54, 1.807) is 32.2 Å². The molecule has 2 rings (SSSR count). The van der Waals surface area contributed by atoms with Crippen LogP contribution >= 0.6 is 11.3 Å². The number of furan rings is 1. The standard InChI is InChI=1S/C20H24N2O6S/c1-5-9-28-20(25)17-12(3)16(19(24)26-6-2)18(29-17)22-15(23)11-21-13(4)14-8-7-10-27-14/h5,7-8,10,13,21H,1,6,9,11H2,2-4H3,(H,22,23)/t13-/m1/s1. The number of nitrogens with one attached hydrogen (secondary N) is 2. The molecule has 29 heavy (non-hydrogen) atoms. The lowest BCUT2D eigenvalue weighted by Crippen LogP contribution is -2.30. The molecule has 0 aromatic carbocycles. The summed E-state index contributed by atoms with van der Waals surface area (Å²) in [5.74, 6) is -0.885. The van der Waals surface area contributed by atoms with Gasteiger partial charge in [0.1, 0.15) is 22.2 Å². The van der Waals surface area contributed by atoms with Gasteiger partial charge >= 0.3 is 11.9 Å². The van der Waals surface area contributed by atoms with Crippen molar-refractivity contribution in [1.29, 1.82) is 0 Å². The number of rotatable bonds is 10. The van der Waals surface area contributed by atoms with Crippen LogP contribution in [-0.2, 0) is 14.3 Å². The third-order valence-corrected chi connectivity index (χ3v) is 5.12. The molecule has 0 aliphatic heterocycles. The Morgan fingerprint density at radius 1 is 1.31 bits per heavy atom. The number of carbonyl (C=O) groups excluding carboxylic acids is 3. The smallest absolute Gasteiger partial charge is 0.348 e. The van der Waals surface area contributed by atoms with E-state index < -0.39 is 11.9 Å². The average molecular weight is 420 g/mol. The number of amides is 1. The minimum absolute atomic E-state index is 0.0165. The highest BCUT2D eigenvalue weighted by Crippen LogP contribution is 2.34. The quantitative estimate of drug-likeness (QED) is 0.448. The van der Waals surface area contributed by atoms with Crippen LogP contribution in [0.2, 0.25) is 0 Å². The zero-order valence-corrected chi connectivity index (χ0v) is 17.4. The molecule has 0 saturated carbocycles. The van der Waals surface area contributed by atoms with Crippen molar-refractivity contribution in [2.45, 2.75) is 26.8 Å². The van der Waals surface area contributed by atoms with Crippen LogP contribution in [0.5, 0.6) is 0 Å². The summed E-state index contributed by atoms with van der Waals surface area (Å²) in [5, 5.41) is 5.95. The third kappa shape index (κ3) is 5.78. The predicted molar refractivity (Wildman–Crippen MR) is 109 cm³/mol. The summed E-state index contributed by atoms with van der Waals surface area (Å²) in [4.78, 5) is 37.3. The maximum Gasteiger partial charge on any atom is 0.348 e. The maximum atomic E-state index is 12.4. The molecule has 0 unspecified atom stereocenters. The molecule has 0 aliphatic carbocycles. The molecule has 2 heterocycles. The molecule has 2 N–H and O–H groups in total. The first-order valence-corrected chi connectivity index (χ1v) is 9.85. The molecular weight excluding hydrogens is 396 g/mol. The minimum Gasteiger partial charge on any atom is -0.468 e. The van der Waals surface area contributed by atoms with Gasteiger partial charge in [-0.1, -0.05) is 12.7 Å². The summed E-state index contributed by atoms with van der Waals surface area (Å²) >= 11 is 0.971. The predicted octanol–water partition coefficient (Wildman–Crippen LogP) is 3.46. The lowest BCUT2D eigenvalue weighted by molar-refractivity contribution is -0.115. The topological polar surface area (TPSA) is 107 Å². The molecular formula is C20H24N2O6S. The van der Waals surface area contributed by atoms with Gasteiger partial charge in [0.2, 0.25) is 5.91 Å². The van der Waals surface area contributed by atoms with Crippen molar-refractivity contribution >= 4 is 34.2 Å². The number of hydrogen-bond acceptors (Lipinski definition) is 8. The SMILES string of the molecule is C=CCOC(=O)c1sc(NC(=O)CN[C@H](C)c2ccco2)c(C(=O)OCC)c1C. The second-order valence-electron chi connectivity index (χ2n) is 6.03. The van der Waals surface area contributed by atoms with E-state index in [1.807, 2.05) is 6.92 Å². The average Bonchev–Trinajstić information content (AvgIpc) is 3.33. The zero-order chi connectivity index (χ0) is 21.4. The highest BCUT2D eigenvalue weighted by atomic mass is 32.1. The van der Waals surface area contributed by atoms with Gasteiger partial charge in [-0.3, -0.25) is 10.1 Å². The van der Waals surface area contributed by atoms with Gasteiger partial charge in [0.15, 0.2) is 0 Å². The first-order chi connectivity index (χ1) is 13.9. The van der Waals surface area contributed by atoms with E-state index in [9.17, 15) is 14.4 Å². The summed E-state index contributed by atoms with van der Waals surface area (Å²) in [6.07, 6.45) is 3.00. The Balaban J connectivity index is 2.16. The second kappa shape index (κ2) is 10.6. The van der Waals surface area contributed by atoms with Crippen LogP contribution in [0.3, 0.4) is 0 Å². The molecule has 8 nitrogen and oxygen atoms in total. The number of ether oxygens (including phenoxy) is 2. The van der Waals surface area contributed by atoms with E-state index in [0.717, 1.165) is 11.3 Å². The lowest BCUT2D eigenvalue weighted by atomic mass is 10.1. The number of carbonyl (C=O) groups is 3. The van der Waals surface area contributed by atoms with Crippen LogP contribution in [0.1, 0.15) is 51.2 Å². The van der Waals surface area contributed by atoms with Crippen molar-refractivity contribution in [2.24, 2.45) is 0 Å². The van der Waals surface area contributed by atoms with E-state index in [1.165, 1.54) is 6.08 Å². The van der Waals surface area contributed by atoms with Gasteiger partial charge in [-0.25, -0.2) is 9.59 Å². The molecule has 2 aromatic heterocycles. The fourth-order valence-corrected chi connectivity index (χ4v) is 3.61. The number of anilines is 1. The van der Waals surface area contributed by atoms with Crippen molar-refractivity contribution in [3.8, 4) is 0 Å². The summed E-state index contributed by atoms with van der Waals surface area (Å²) in [6.45, 7) is 8.84. The Morgan fingerprint density at radius 3 is 2.69 bits per heavy atom. The Hall–Kier alpha value is -2.91. The highest BCUT2D eigenvalue weighted by Gasteiger charge is 2.27. The largest absolute Gasteiger partial charge is 0.468 e. The first kappa shape index (κ1) is 22.4. The second-order valence-corrected chi connectivity index (χ2v) is 7.05. The van der Waals surface area contributed by atoms with Gasteiger partial charge in [-0.2, -0.15) is 0 Å². The molecule has 0 bridgehead atoms. The summed E-state index contributed by atoms with van der Waals surface area (Å²) in [5.41, 5.74) is 0.546. The van der Waals surface area contributed by atoms with Crippen LogP contribution in [0.15, 0.2) is 35.5 Å². The number of thiophene rings is 1. The van der Waals surface area contributed by atoms with E-state index >= 15 is 0 Å². The molecule has 156 valence electrons. The van der Waals surface area contributed by atoms with Crippen LogP contribution in [0, 0.1) is 6.92 Å². The van der Waals surface area contributed by atoms with Gasteiger partial charge < -0.3 is 19.2 Å². The van der Waals surface area contributed by atoms with Crippen LogP contribution < -0.4 is 10.6 Å². The third-order valence-electron chi connectivity index (χ3n) is 3.94. The first-order valence-electron chi connectivity index (χ1n) is 9.04. The van der Waals surface area contributed by atoms with Crippen molar-refractivity contribution in [1.82, 2.24) is 5.32 Å². The van der Waals surface area contributed by atoms with Crippen LogP contribution in [0.25, 0.3) is 0 Å². The molecule has 0 fully saturated rings. The highest BCUT2D eigenvalue weighted by molar-refractivity contribution is 7.18. The molecule has 0 saturated heterocycles. The van der Waals surface area contributed by atoms with Gasteiger partial charge in [0.05, 0.1) is 31.0 Å². The Bertz CT molecular complexity index is 872. The van der Waals surface area contributed by atoms with E-state index in [0.29, 0.717) is 11.3 Å². The zero-order valence-electron chi connectivity index (χ0n) is 16.6. The van der Waals surface area contributed by atoms with E-state index in [4.69, 9.17) is 13.9 Å². The van der Waals surface area contributed by atoms with E-state index in [-0.39, 0.29) is 47.1 Å². The summed E-state index contributed by atoms with van der Waals surface area (Å²) < 4.78 is 15.4. The molecule has 1 amide bonds. The molecule has 2 aromatic rings. The van der Waals surface area contributed by atoms with E-state index in [2.05, 4.69) is 17.2 Å². The van der Waals surface area contributed by atoms with Crippen LogP contribution in [-0.4, -0.2) is 37.6 Å². The van der Waals surface area contributed by atoms with Gasteiger partial charge in [0, 0.05) is 0 Å². The van der Waals surface area contributed by atoms with Crippen LogP contribution in [0.4, 0.5) is 5.00 Å². The maximum absolute atomic E-state index is 12.4. The number of esters is 2. The molecule has 1 atom stereocenters. The van der Waals surface area contributed by atoms with Gasteiger partial charge in [0.25, 0.3) is 0 Å². The molecule has 9 heteroatoms. The van der Waals surface area contributed by atoms with Gasteiger partial charge in [-0.15, -0.1) is 11.3 Å². The molecule has 0 radical (unpaired) electrons. The lowest BCUT2D eigenvalue weighted by Gasteiger charge is -2.11. The minimum atomic E-state index is -0.615. The number of hydrogen-bond donors (Lipinski definition) is 2.